The topological polar surface area (TPSA) is 76.6 Å². The SMILES string of the molecule is CN=C(NCC(C)Oc1cccc(OC)c1)NC1CCN(c2cc(OC)cc(OC)c2)C1. The molecule has 2 aromatic rings. The van der Waals surface area contributed by atoms with E-state index in [0.29, 0.717) is 6.54 Å². The number of aliphatic imine (C=N–C) groups is 1. The summed E-state index contributed by atoms with van der Waals surface area (Å²) < 4.78 is 22.0. The molecule has 1 fully saturated rings. The number of nitrogens with zero attached hydrogens (tertiary/aromatic N) is 2. The second-order valence-electron chi connectivity index (χ2n) is 7.71. The Balaban J connectivity index is 1.50. The number of ether oxygens (including phenoxy) is 4. The molecular weight excluding hydrogens is 408 g/mol. The minimum atomic E-state index is -0.0371. The third-order valence-corrected chi connectivity index (χ3v) is 5.39. The summed E-state index contributed by atoms with van der Waals surface area (Å²) in [5.41, 5.74) is 1.09. The van der Waals surface area contributed by atoms with Gasteiger partial charge in [-0.1, -0.05) is 6.07 Å². The largest absolute Gasteiger partial charge is 0.497 e. The van der Waals surface area contributed by atoms with Gasteiger partial charge in [-0.25, -0.2) is 0 Å². The van der Waals surface area contributed by atoms with Crippen LogP contribution in [0.2, 0.25) is 0 Å². The molecule has 0 saturated carbocycles. The van der Waals surface area contributed by atoms with Crippen LogP contribution in [0.3, 0.4) is 0 Å². The molecule has 0 aliphatic carbocycles. The fraction of sp³-hybridized carbons (Fsp3) is 0.458. The van der Waals surface area contributed by atoms with Crippen molar-refractivity contribution in [2.75, 3.05) is 52.9 Å². The van der Waals surface area contributed by atoms with E-state index in [1.165, 1.54) is 0 Å². The molecular formula is C24H34N4O4. The highest BCUT2D eigenvalue weighted by atomic mass is 16.5. The van der Waals surface area contributed by atoms with E-state index in [2.05, 4.69) is 20.5 Å². The molecule has 2 aromatic carbocycles. The molecule has 2 atom stereocenters. The number of methoxy groups -OCH3 is 3. The number of benzene rings is 2. The van der Waals surface area contributed by atoms with Gasteiger partial charge in [-0.3, -0.25) is 4.99 Å². The van der Waals surface area contributed by atoms with Gasteiger partial charge in [-0.2, -0.15) is 0 Å². The summed E-state index contributed by atoms with van der Waals surface area (Å²) in [7, 11) is 6.76. The van der Waals surface area contributed by atoms with E-state index in [9.17, 15) is 0 Å². The first-order valence-electron chi connectivity index (χ1n) is 10.8. The van der Waals surface area contributed by atoms with Gasteiger partial charge >= 0.3 is 0 Å². The Hall–Kier alpha value is -3.29. The van der Waals surface area contributed by atoms with Crippen molar-refractivity contribution in [2.45, 2.75) is 25.5 Å². The standard InChI is InChI=1S/C24H34N4O4/c1-17(32-21-8-6-7-20(13-21)29-3)15-26-24(25-2)27-18-9-10-28(16-18)19-11-22(30-4)14-23(12-19)31-5/h6-8,11-14,17-18H,9-10,15-16H2,1-5H3,(H2,25,26,27). The van der Waals surface area contributed by atoms with E-state index in [0.717, 1.165) is 54.2 Å². The van der Waals surface area contributed by atoms with Crippen molar-refractivity contribution in [3.05, 3.63) is 42.5 Å². The Morgan fingerprint density at radius 1 is 1.03 bits per heavy atom. The fourth-order valence-corrected chi connectivity index (χ4v) is 3.66. The van der Waals surface area contributed by atoms with Gasteiger partial charge in [0, 0.05) is 56.1 Å². The summed E-state index contributed by atoms with van der Waals surface area (Å²) in [6, 6.07) is 13.9. The van der Waals surface area contributed by atoms with E-state index >= 15 is 0 Å². The Morgan fingerprint density at radius 2 is 1.69 bits per heavy atom. The van der Waals surface area contributed by atoms with Crippen LogP contribution in [-0.2, 0) is 0 Å². The third-order valence-electron chi connectivity index (χ3n) is 5.39. The molecule has 1 heterocycles. The molecule has 0 bridgehead atoms. The maximum atomic E-state index is 5.98. The van der Waals surface area contributed by atoms with E-state index in [-0.39, 0.29) is 12.1 Å². The Bertz CT molecular complexity index is 883. The van der Waals surface area contributed by atoms with Gasteiger partial charge in [0.25, 0.3) is 0 Å². The molecule has 1 aliphatic heterocycles. The Kier molecular flexibility index (Phi) is 8.30. The summed E-state index contributed by atoms with van der Waals surface area (Å²) in [6.07, 6.45) is 0.973. The molecule has 0 amide bonds. The Labute approximate surface area is 190 Å². The van der Waals surface area contributed by atoms with E-state index in [4.69, 9.17) is 18.9 Å². The van der Waals surface area contributed by atoms with E-state index < -0.39 is 0 Å². The van der Waals surface area contributed by atoms with Crippen LogP contribution in [0.4, 0.5) is 5.69 Å². The van der Waals surface area contributed by atoms with Crippen LogP contribution in [0, 0.1) is 0 Å². The molecule has 8 nitrogen and oxygen atoms in total. The lowest BCUT2D eigenvalue weighted by molar-refractivity contribution is 0.223. The highest BCUT2D eigenvalue weighted by Crippen LogP contribution is 2.30. The molecule has 174 valence electrons. The number of guanidine groups is 1. The van der Waals surface area contributed by atoms with Crippen molar-refractivity contribution < 1.29 is 18.9 Å². The molecule has 1 aliphatic rings. The van der Waals surface area contributed by atoms with Crippen molar-refractivity contribution in [2.24, 2.45) is 4.99 Å². The van der Waals surface area contributed by atoms with Crippen LogP contribution in [0.15, 0.2) is 47.5 Å². The normalized spacial score (nSPS) is 17.0. The highest BCUT2D eigenvalue weighted by molar-refractivity contribution is 5.80. The predicted octanol–water partition coefficient (Wildman–Crippen LogP) is 2.92. The van der Waals surface area contributed by atoms with Crippen molar-refractivity contribution in [1.29, 1.82) is 0 Å². The van der Waals surface area contributed by atoms with E-state index in [1.54, 1.807) is 28.4 Å². The lowest BCUT2D eigenvalue weighted by Crippen LogP contribution is -2.47. The summed E-state index contributed by atoms with van der Waals surface area (Å²) in [4.78, 5) is 6.69. The average Bonchev–Trinajstić information content (AvgIpc) is 3.30. The summed E-state index contributed by atoms with van der Waals surface area (Å²) >= 11 is 0. The predicted molar refractivity (Wildman–Crippen MR) is 128 cm³/mol. The first-order chi connectivity index (χ1) is 15.5. The second-order valence-corrected chi connectivity index (χ2v) is 7.71. The van der Waals surface area contributed by atoms with Crippen molar-refractivity contribution in [3.8, 4) is 23.0 Å². The monoisotopic (exact) mass is 442 g/mol. The first kappa shape index (κ1) is 23.4. The number of anilines is 1. The molecule has 8 heteroatoms. The van der Waals surface area contributed by atoms with E-state index in [1.807, 2.05) is 49.4 Å². The fourth-order valence-electron chi connectivity index (χ4n) is 3.66. The van der Waals surface area contributed by atoms with Crippen LogP contribution in [-0.4, -0.2) is 66.1 Å². The van der Waals surface area contributed by atoms with Crippen molar-refractivity contribution in [1.82, 2.24) is 10.6 Å². The smallest absolute Gasteiger partial charge is 0.191 e. The molecule has 1 saturated heterocycles. The highest BCUT2D eigenvalue weighted by Gasteiger charge is 2.24. The molecule has 0 aromatic heterocycles. The zero-order valence-electron chi connectivity index (χ0n) is 19.6. The van der Waals surface area contributed by atoms with Crippen molar-refractivity contribution in [3.63, 3.8) is 0 Å². The van der Waals surface area contributed by atoms with Gasteiger partial charge in [0.05, 0.1) is 27.9 Å². The zero-order valence-corrected chi connectivity index (χ0v) is 19.6. The van der Waals surface area contributed by atoms with Crippen LogP contribution in [0.25, 0.3) is 0 Å². The van der Waals surface area contributed by atoms with Crippen LogP contribution in [0.5, 0.6) is 23.0 Å². The maximum absolute atomic E-state index is 5.98. The second kappa shape index (κ2) is 11.4. The van der Waals surface area contributed by atoms with Gasteiger partial charge in [-0.15, -0.1) is 0 Å². The lowest BCUT2D eigenvalue weighted by Gasteiger charge is -2.22. The summed E-state index contributed by atoms with van der Waals surface area (Å²) in [5, 5.41) is 6.88. The number of nitrogens with one attached hydrogen (secondary N) is 2. The van der Waals surface area contributed by atoms with Crippen LogP contribution < -0.4 is 34.5 Å². The third kappa shape index (κ3) is 6.35. The van der Waals surface area contributed by atoms with Gasteiger partial charge < -0.3 is 34.5 Å². The number of hydrogen-bond donors (Lipinski definition) is 2. The number of rotatable bonds is 9. The summed E-state index contributed by atoms with van der Waals surface area (Å²) in [5.74, 6) is 3.90. The average molecular weight is 443 g/mol. The van der Waals surface area contributed by atoms with Crippen molar-refractivity contribution >= 4 is 11.6 Å². The minimum absolute atomic E-state index is 0.0371. The quantitative estimate of drug-likeness (QED) is 0.457. The molecule has 3 rings (SSSR count). The lowest BCUT2D eigenvalue weighted by atomic mass is 10.2. The molecule has 32 heavy (non-hydrogen) atoms. The first-order valence-corrected chi connectivity index (χ1v) is 10.8. The van der Waals surface area contributed by atoms with Gasteiger partial charge in [0.1, 0.15) is 29.1 Å². The molecule has 2 unspecified atom stereocenters. The maximum Gasteiger partial charge on any atom is 0.191 e. The van der Waals surface area contributed by atoms with Crippen LogP contribution >= 0.6 is 0 Å². The molecule has 2 N–H and O–H groups in total. The zero-order chi connectivity index (χ0) is 22.9. The van der Waals surface area contributed by atoms with Crippen LogP contribution in [0.1, 0.15) is 13.3 Å². The van der Waals surface area contributed by atoms with Gasteiger partial charge in [-0.05, 0) is 25.5 Å². The summed E-state index contributed by atoms with van der Waals surface area (Å²) in [6.45, 7) is 4.46. The molecule has 0 spiro atoms. The number of hydrogen-bond acceptors (Lipinski definition) is 6. The Morgan fingerprint density at radius 3 is 2.34 bits per heavy atom. The van der Waals surface area contributed by atoms with Gasteiger partial charge in [0.15, 0.2) is 5.96 Å². The minimum Gasteiger partial charge on any atom is -0.497 e. The van der Waals surface area contributed by atoms with Gasteiger partial charge in [0.2, 0.25) is 0 Å². The molecule has 0 radical (unpaired) electrons.